The Bertz CT molecular complexity index is 591. The van der Waals surface area contributed by atoms with Gasteiger partial charge in [-0.15, -0.1) is 0 Å². The van der Waals surface area contributed by atoms with E-state index in [9.17, 15) is 13.2 Å². The van der Waals surface area contributed by atoms with Crippen LogP contribution in [0.2, 0.25) is 0 Å². The standard InChI is InChI=1S/C14H13F3N2/c1-9-6-7-11(18)13(8-9)19-12-5-3-2-4-10(12)14(15,16)17/h2-8,19H,18H2,1H3. The quantitative estimate of drug-likeness (QED) is 0.793. The Balaban J connectivity index is 2.41. The maximum Gasteiger partial charge on any atom is 0.418 e. The van der Waals surface area contributed by atoms with E-state index in [0.717, 1.165) is 11.6 Å². The zero-order valence-electron chi connectivity index (χ0n) is 10.3. The van der Waals surface area contributed by atoms with Crippen LogP contribution in [0.5, 0.6) is 0 Å². The molecule has 2 rings (SSSR count). The number of nitrogens with one attached hydrogen (secondary N) is 1. The number of benzene rings is 2. The second-order valence-corrected chi connectivity index (χ2v) is 4.26. The molecule has 2 aromatic carbocycles. The lowest BCUT2D eigenvalue weighted by Gasteiger charge is -2.15. The summed E-state index contributed by atoms with van der Waals surface area (Å²) in [5.41, 5.74) is 6.83. The Hall–Kier alpha value is -2.17. The number of alkyl halides is 3. The second-order valence-electron chi connectivity index (χ2n) is 4.26. The van der Waals surface area contributed by atoms with Crippen LogP contribution in [0.25, 0.3) is 0 Å². The average Bonchev–Trinajstić information content (AvgIpc) is 2.33. The van der Waals surface area contributed by atoms with E-state index in [2.05, 4.69) is 5.32 Å². The van der Waals surface area contributed by atoms with Gasteiger partial charge in [-0.1, -0.05) is 18.2 Å². The van der Waals surface area contributed by atoms with E-state index >= 15 is 0 Å². The minimum Gasteiger partial charge on any atom is -0.397 e. The molecule has 0 amide bonds. The topological polar surface area (TPSA) is 38.0 Å². The lowest BCUT2D eigenvalue weighted by atomic mass is 10.1. The van der Waals surface area contributed by atoms with Crippen molar-refractivity contribution >= 4 is 17.1 Å². The van der Waals surface area contributed by atoms with E-state index < -0.39 is 11.7 Å². The Kier molecular flexibility index (Phi) is 3.38. The maximum atomic E-state index is 12.9. The van der Waals surface area contributed by atoms with Crippen LogP contribution in [0.15, 0.2) is 42.5 Å². The molecule has 5 heteroatoms. The first-order valence-corrected chi connectivity index (χ1v) is 5.67. The van der Waals surface area contributed by atoms with Crippen LogP contribution < -0.4 is 11.1 Å². The van der Waals surface area contributed by atoms with Crippen molar-refractivity contribution in [1.82, 2.24) is 0 Å². The van der Waals surface area contributed by atoms with Gasteiger partial charge in [0.15, 0.2) is 0 Å². The van der Waals surface area contributed by atoms with Crippen molar-refractivity contribution in [3.8, 4) is 0 Å². The van der Waals surface area contributed by atoms with E-state index in [0.29, 0.717) is 11.4 Å². The Morgan fingerprint density at radius 2 is 1.68 bits per heavy atom. The average molecular weight is 266 g/mol. The number of nitrogen functional groups attached to an aromatic ring is 1. The smallest absolute Gasteiger partial charge is 0.397 e. The largest absolute Gasteiger partial charge is 0.418 e. The van der Waals surface area contributed by atoms with Crippen molar-refractivity contribution in [2.75, 3.05) is 11.1 Å². The molecule has 0 heterocycles. The van der Waals surface area contributed by atoms with Crippen molar-refractivity contribution in [3.05, 3.63) is 53.6 Å². The summed E-state index contributed by atoms with van der Waals surface area (Å²) < 4.78 is 38.6. The summed E-state index contributed by atoms with van der Waals surface area (Å²) in [7, 11) is 0. The molecule has 0 radical (unpaired) electrons. The molecule has 100 valence electrons. The molecule has 0 aliphatic rings. The van der Waals surface area contributed by atoms with Crippen molar-refractivity contribution in [2.45, 2.75) is 13.1 Å². The van der Waals surface area contributed by atoms with Gasteiger partial charge < -0.3 is 11.1 Å². The number of aryl methyl sites for hydroxylation is 1. The lowest BCUT2D eigenvalue weighted by Crippen LogP contribution is -2.09. The fourth-order valence-corrected chi connectivity index (χ4v) is 1.76. The molecule has 3 N–H and O–H groups in total. The zero-order chi connectivity index (χ0) is 14.0. The van der Waals surface area contributed by atoms with Crippen LogP contribution in [-0.2, 0) is 6.18 Å². The van der Waals surface area contributed by atoms with Crippen LogP contribution in [0, 0.1) is 6.92 Å². The molecule has 0 fully saturated rings. The molecule has 2 nitrogen and oxygen atoms in total. The Morgan fingerprint density at radius 3 is 2.37 bits per heavy atom. The number of hydrogen-bond donors (Lipinski definition) is 2. The first-order chi connectivity index (χ1) is 8.88. The number of halogens is 3. The molecule has 19 heavy (non-hydrogen) atoms. The van der Waals surface area contributed by atoms with Gasteiger partial charge in [0.1, 0.15) is 0 Å². The van der Waals surface area contributed by atoms with Crippen LogP contribution in [0.3, 0.4) is 0 Å². The van der Waals surface area contributed by atoms with E-state index in [1.165, 1.54) is 12.1 Å². The molecule has 0 spiro atoms. The van der Waals surface area contributed by atoms with Gasteiger partial charge in [0.2, 0.25) is 0 Å². The van der Waals surface area contributed by atoms with Gasteiger partial charge >= 0.3 is 6.18 Å². The fraction of sp³-hybridized carbons (Fsp3) is 0.143. The van der Waals surface area contributed by atoms with Crippen molar-refractivity contribution in [2.24, 2.45) is 0 Å². The minimum atomic E-state index is -4.40. The van der Waals surface area contributed by atoms with E-state index in [1.807, 2.05) is 6.92 Å². The molecular weight excluding hydrogens is 253 g/mol. The predicted molar refractivity (Wildman–Crippen MR) is 70.3 cm³/mol. The molecule has 0 aliphatic heterocycles. The van der Waals surface area contributed by atoms with E-state index in [1.54, 1.807) is 24.3 Å². The molecule has 0 aliphatic carbocycles. The molecule has 2 aromatic rings. The van der Waals surface area contributed by atoms with Crippen LogP contribution in [0.4, 0.5) is 30.2 Å². The zero-order valence-corrected chi connectivity index (χ0v) is 10.3. The Labute approximate surface area is 109 Å². The second kappa shape index (κ2) is 4.84. The molecule has 0 atom stereocenters. The SMILES string of the molecule is Cc1ccc(N)c(Nc2ccccc2C(F)(F)F)c1. The van der Waals surface area contributed by atoms with Crippen LogP contribution in [-0.4, -0.2) is 0 Å². The fourth-order valence-electron chi connectivity index (χ4n) is 1.76. The normalized spacial score (nSPS) is 11.4. The van der Waals surface area contributed by atoms with Gasteiger partial charge in [0.05, 0.1) is 22.6 Å². The Morgan fingerprint density at radius 1 is 1.00 bits per heavy atom. The van der Waals surface area contributed by atoms with Crippen molar-refractivity contribution in [3.63, 3.8) is 0 Å². The third-order valence-corrected chi connectivity index (χ3v) is 2.71. The maximum absolute atomic E-state index is 12.9. The lowest BCUT2D eigenvalue weighted by molar-refractivity contribution is -0.136. The van der Waals surface area contributed by atoms with E-state index in [-0.39, 0.29) is 5.69 Å². The highest BCUT2D eigenvalue weighted by molar-refractivity contribution is 5.74. The van der Waals surface area contributed by atoms with Gasteiger partial charge in [-0.05, 0) is 36.8 Å². The summed E-state index contributed by atoms with van der Waals surface area (Å²) in [6, 6.07) is 10.5. The summed E-state index contributed by atoms with van der Waals surface area (Å²) in [5, 5.41) is 2.74. The molecular formula is C14H13F3N2. The molecule has 0 aromatic heterocycles. The summed E-state index contributed by atoms with van der Waals surface area (Å²) in [4.78, 5) is 0. The number of rotatable bonds is 2. The van der Waals surface area contributed by atoms with Crippen molar-refractivity contribution in [1.29, 1.82) is 0 Å². The first-order valence-electron chi connectivity index (χ1n) is 5.67. The summed E-state index contributed by atoms with van der Waals surface area (Å²) in [6.45, 7) is 1.85. The van der Waals surface area contributed by atoms with Crippen LogP contribution >= 0.6 is 0 Å². The van der Waals surface area contributed by atoms with Gasteiger partial charge in [-0.25, -0.2) is 0 Å². The van der Waals surface area contributed by atoms with Gasteiger partial charge in [-0.3, -0.25) is 0 Å². The third-order valence-electron chi connectivity index (χ3n) is 2.71. The number of nitrogens with two attached hydrogens (primary N) is 1. The molecule has 0 unspecified atom stereocenters. The monoisotopic (exact) mass is 266 g/mol. The number of para-hydroxylation sites is 1. The highest BCUT2D eigenvalue weighted by Crippen LogP contribution is 2.36. The number of hydrogen-bond acceptors (Lipinski definition) is 2. The van der Waals surface area contributed by atoms with Crippen molar-refractivity contribution < 1.29 is 13.2 Å². The molecule has 0 saturated carbocycles. The predicted octanol–water partition coefficient (Wildman–Crippen LogP) is 4.34. The summed E-state index contributed by atoms with van der Waals surface area (Å²) >= 11 is 0. The minimum absolute atomic E-state index is 0.00713. The molecule has 0 saturated heterocycles. The highest BCUT2D eigenvalue weighted by Gasteiger charge is 2.33. The van der Waals surface area contributed by atoms with Gasteiger partial charge in [0.25, 0.3) is 0 Å². The summed E-state index contributed by atoms with van der Waals surface area (Å²) in [5.74, 6) is 0. The number of anilines is 3. The first kappa shape index (κ1) is 13.3. The highest BCUT2D eigenvalue weighted by atomic mass is 19.4. The van der Waals surface area contributed by atoms with Crippen LogP contribution in [0.1, 0.15) is 11.1 Å². The molecule has 0 bridgehead atoms. The third kappa shape index (κ3) is 2.99. The van der Waals surface area contributed by atoms with Gasteiger partial charge in [-0.2, -0.15) is 13.2 Å². The van der Waals surface area contributed by atoms with E-state index in [4.69, 9.17) is 5.73 Å². The summed E-state index contributed by atoms with van der Waals surface area (Å²) in [6.07, 6.45) is -4.40. The van der Waals surface area contributed by atoms with Gasteiger partial charge in [0, 0.05) is 0 Å².